The van der Waals surface area contributed by atoms with E-state index in [0.29, 0.717) is 25.7 Å². The lowest BCUT2D eigenvalue weighted by molar-refractivity contribution is 0.319. The van der Waals surface area contributed by atoms with Crippen molar-refractivity contribution in [3.05, 3.63) is 44.6 Å². The molecule has 0 saturated carbocycles. The molecule has 1 aromatic heterocycles. The zero-order chi connectivity index (χ0) is 14.5. The molecule has 2 rings (SSSR count). The lowest BCUT2D eigenvalue weighted by Crippen LogP contribution is -2.03. The normalized spacial score (nSPS) is 11.7. The molecule has 0 aliphatic carbocycles. The number of thioether (sulfide) groups is 1. The molecule has 1 heterocycles. The van der Waals surface area contributed by atoms with Crippen molar-refractivity contribution in [2.24, 2.45) is 5.16 Å². The van der Waals surface area contributed by atoms with Crippen LogP contribution in [-0.2, 0) is 0 Å². The van der Waals surface area contributed by atoms with E-state index in [9.17, 15) is 0 Å². The van der Waals surface area contributed by atoms with Crippen LogP contribution in [0, 0.1) is 0 Å². The summed E-state index contributed by atoms with van der Waals surface area (Å²) in [6, 6.07) is 9.36. The molecule has 0 spiro atoms. The lowest BCUT2D eigenvalue weighted by atomic mass is 10.2. The highest BCUT2D eigenvalue weighted by Gasteiger charge is 2.13. The largest absolute Gasteiger partial charge is 0.497 e. The van der Waals surface area contributed by atoms with Crippen molar-refractivity contribution >= 4 is 52.0 Å². The van der Waals surface area contributed by atoms with Gasteiger partial charge in [-0.1, -0.05) is 28.4 Å². The number of hydrogen-bond donors (Lipinski definition) is 1. The Bertz CT molecular complexity index is 611. The smallest absolute Gasteiger partial charge is 0.118 e. The van der Waals surface area contributed by atoms with E-state index in [1.165, 1.54) is 11.3 Å². The molecule has 7 heteroatoms. The minimum atomic E-state index is 0.496. The highest BCUT2D eigenvalue weighted by atomic mass is 35.5. The molecule has 106 valence electrons. The summed E-state index contributed by atoms with van der Waals surface area (Å²) in [5.41, 5.74) is 1.17. The summed E-state index contributed by atoms with van der Waals surface area (Å²) in [5, 5.41) is 12.4. The zero-order valence-electron chi connectivity index (χ0n) is 10.5. The maximum Gasteiger partial charge on any atom is 0.118 e. The molecule has 0 saturated heterocycles. The van der Waals surface area contributed by atoms with E-state index in [1.807, 2.05) is 24.3 Å². The van der Waals surface area contributed by atoms with Gasteiger partial charge >= 0.3 is 0 Å². The maximum absolute atomic E-state index is 9.13. The van der Waals surface area contributed by atoms with Crippen LogP contribution in [0.3, 0.4) is 0 Å². The number of hydrogen-bond acceptors (Lipinski definition) is 5. The molecule has 3 nitrogen and oxygen atoms in total. The summed E-state index contributed by atoms with van der Waals surface area (Å²) in [4.78, 5) is 1.05. The second-order valence-corrected chi connectivity index (χ2v) is 7.08. The third-order valence-electron chi connectivity index (χ3n) is 2.52. The molecule has 0 fully saturated rings. The molecule has 2 aromatic rings. The van der Waals surface area contributed by atoms with E-state index >= 15 is 0 Å². The van der Waals surface area contributed by atoms with Gasteiger partial charge in [-0.3, -0.25) is 0 Å². The SMILES string of the molecule is COc1ccc(SC/C(=N\O)c2cc(Cl)sc2Cl)cc1. The predicted octanol–water partition coefficient (Wildman–Crippen LogP) is 5.03. The Hall–Kier alpha value is -0.880. The molecule has 0 amide bonds. The first kappa shape index (κ1) is 15.5. The number of nitrogens with zero attached hydrogens (tertiary/aromatic N) is 1. The molecule has 0 bridgehead atoms. The first-order chi connectivity index (χ1) is 9.63. The lowest BCUT2D eigenvalue weighted by Gasteiger charge is -2.05. The first-order valence-electron chi connectivity index (χ1n) is 5.57. The number of benzene rings is 1. The van der Waals surface area contributed by atoms with Gasteiger partial charge in [-0.25, -0.2) is 0 Å². The van der Waals surface area contributed by atoms with Gasteiger partial charge in [0, 0.05) is 16.2 Å². The summed E-state index contributed by atoms with van der Waals surface area (Å²) >= 11 is 14.7. The van der Waals surface area contributed by atoms with Crippen LogP contribution in [0.1, 0.15) is 5.56 Å². The molecular formula is C13H11Cl2NO2S2. The molecule has 0 unspecified atom stereocenters. The van der Waals surface area contributed by atoms with E-state index < -0.39 is 0 Å². The van der Waals surface area contributed by atoms with Crippen LogP contribution in [0.25, 0.3) is 0 Å². The van der Waals surface area contributed by atoms with Crippen molar-refractivity contribution in [2.75, 3.05) is 12.9 Å². The highest BCUT2D eigenvalue weighted by molar-refractivity contribution is 8.00. The topological polar surface area (TPSA) is 41.8 Å². The number of halogens is 2. The van der Waals surface area contributed by atoms with E-state index in [1.54, 1.807) is 24.9 Å². The molecule has 20 heavy (non-hydrogen) atoms. The molecule has 0 aliphatic heterocycles. The van der Waals surface area contributed by atoms with Crippen molar-refractivity contribution in [3.8, 4) is 5.75 Å². The van der Waals surface area contributed by atoms with Gasteiger partial charge in [-0.15, -0.1) is 23.1 Å². The van der Waals surface area contributed by atoms with Gasteiger partial charge in [0.2, 0.25) is 0 Å². The van der Waals surface area contributed by atoms with Crippen LogP contribution in [0.4, 0.5) is 0 Å². The monoisotopic (exact) mass is 347 g/mol. The standard InChI is InChI=1S/C13H11Cl2NO2S2/c1-18-8-2-4-9(5-3-8)19-7-11(16-17)10-6-12(14)20-13(10)15/h2-6,17H,7H2,1H3/b16-11+. The zero-order valence-corrected chi connectivity index (χ0v) is 13.6. The van der Waals surface area contributed by atoms with Crippen molar-refractivity contribution in [1.82, 2.24) is 0 Å². The quantitative estimate of drug-likeness (QED) is 0.356. The van der Waals surface area contributed by atoms with Gasteiger partial charge in [0.25, 0.3) is 0 Å². The van der Waals surface area contributed by atoms with Crippen molar-refractivity contribution in [1.29, 1.82) is 0 Å². The molecule has 1 N–H and O–H groups in total. The van der Waals surface area contributed by atoms with Gasteiger partial charge in [0.05, 0.1) is 17.2 Å². The van der Waals surface area contributed by atoms with Gasteiger partial charge in [-0.2, -0.15) is 0 Å². The Labute approximate surface area is 135 Å². The summed E-state index contributed by atoms with van der Waals surface area (Å²) in [5.74, 6) is 1.30. The summed E-state index contributed by atoms with van der Waals surface area (Å²) in [7, 11) is 1.63. The van der Waals surface area contributed by atoms with E-state index in [4.69, 9.17) is 33.1 Å². The Morgan fingerprint density at radius 3 is 2.55 bits per heavy atom. The van der Waals surface area contributed by atoms with Crippen LogP contribution < -0.4 is 4.74 Å². The molecular weight excluding hydrogens is 337 g/mol. The van der Waals surface area contributed by atoms with Crippen LogP contribution in [0.15, 0.2) is 40.4 Å². The first-order valence-corrected chi connectivity index (χ1v) is 8.13. The van der Waals surface area contributed by atoms with Crippen LogP contribution in [0.2, 0.25) is 8.67 Å². The van der Waals surface area contributed by atoms with Gasteiger partial charge in [-0.05, 0) is 30.3 Å². The van der Waals surface area contributed by atoms with Gasteiger partial charge < -0.3 is 9.94 Å². The second-order valence-electron chi connectivity index (χ2n) is 3.75. The van der Waals surface area contributed by atoms with Crippen molar-refractivity contribution < 1.29 is 9.94 Å². The summed E-state index contributed by atoms with van der Waals surface area (Å²) in [6.07, 6.45) is 0. The van der Waals surface area contributed by atoms with Crippen LogP contribution in [-0.4, -0.2) is 23.8 Å². The number of ether oxygens (including phenoxy) is 1. The number of oxime groups is 1. The fourth-order valence-corrected chi connectivity index (χ4v) is 3.87. The fraction of sp³-hybridized carbons (Fsp3) is 0.154. The van der Waals surface area contributed by atoms with Gasteiger partial charge in [0.15, 0.2) is 0 Å². The summed E-state index contributed by atoms with van der Waals surface area (Å²) in [6.45, 7) is 0. The summed E-state index contributed by atoms with van der Waals surface area (Å²) < 4.78 is 6.20. The Balaban J connectivity index is 2.06. The third kappa shape index (κ3) is 3.82. The number of rotatable bonds is 5. The fourth-order valence-electron chi connectivity index (χ4n) is 1.52. The minimum absolute atomic E-state index is 0.496. The third-order valence-corrected chi connectivity index (χ3v) is 5.03. The molecule has 0 radical (unpaired) electrons. The highest BCUT2D eigenvalue weighted by Crippen LogP contribution is 2.33. The van der Waals surface area contributed by atoms with Crippen LogP contribution in [0.5, 0.6) is 5.75 Å². The Morgan fingerprint density at radius 1 is 1.35 bits per heavy atom. The van der Waals surface area contributed by atoms with E-state index in [0.717, 1.165) is 10.6 Å². The molecule has 0 aliphatic rings. The Morgan fingerprint density at radius 2 is 2.05 bits per heavy atom. The average Bonchev–Trinajstić information content (AvgIpc) is 2.79. The maximum atomic E-state index is 9.13. The van der Waals surface area contributed by atoms with Crippen molar-refractivity contribution in [2.45, 2.75) is 4.90 Å². The number of thiophene rings is 1. The van der Waals surface area contributed by atoms with Crippen molar-refractivity contribution in [3.63, 3.8) is 0 Å². The van der Waals surface area contributed by atoms with E-state index in [2.05, 4.69) is 5.16 Å². The van der Waals surface area contributed by atoms with Crippen LogP contribution >= 0.6 is 46.3 Å². The predicted molar refractivity (Wildman–Crippen MR) is 86.4 cm³/mol. The molecule has 0 atom stereocenters. The Kier molecular flexibility index (Phi) is 5.60. The van der Waals surface area contributed by atoms with E-state index in [-0.39, 0.29) is 0 Å². The minimum Gasteiger partial charge on any atom is -0.497 e. The molecule has 1 aromatic carbocycles. The van der Waals surface area contributed by atoms with Gasteiger partial charge in [0.1, 0.15) is 10.1 Å². The number of methoxy groups -OCH3 is 1. The average molecular weight is 348 g/mol. The second kappa shape index (κ2) is 7.22.